The van der Waals surface area contributed by atoms with Crippen molar-refractivity contribution in [2.24, 2.45) is 11.3 Å². The number of pyridine rings is 1. The molecule has 3 N–H and O–H groups in total. The van der Waals surface area contributed by atoms with E-state index in [0.717, 1.165) is 94.1 Å². The van der Waals surface area contributed by atoms with Gasteiger partial charge in [-0.15, -0.1) is 0 Å². The van der Waals surface area contributed by atoms with E-state index < -0.39 is 37.5 Å². The van der Waals surface area contributed by atoms with Crippen molar-refractivity contribution in [3.05, 3.63) is 100 Å². The van der Waals surface area contributed by atoms with Gasteiger partial charge in [0.15, 0.2) is 0 Å². The third kappa shape index (κ3) is 7.50. The van der Waals surface area contributed by atoms with Crippen LogP contribution in [0.25, 0.3) is 11.0 Å². The van der Waals surface area contributed by atoms with E-state index in [4.69, 9.17) is 23.9 Å². The van der Waals surface area contributed by atoms with Crippen LogP contribution in [0.1, 0.15) is 73.7 Å². The van der Waals surface area contributed by atoms with Crippen molar-refractivity contribution in [1.29, 1.82) is 0 Å². The molecular formula is C50H56N8O9S. The number of likely N-dealkylation sites (tertiary alicyclic amines) is 1. The van der Waals surface area contributed by atoms with Crippen LogP contribution < -0.4 is 29.3 Å². The highest BCUT2D eigenvalue weighted by Crippen LogP contribution is 2.57. The fourth-order valence-electron chi connectivity index (χ4n) is 12.3. The molecule has 356 valence electrons. The van der Waals surface area contributed by atoms with Gasteiger partial charge < -0.3 is 39.0 Å². The third-order valence-corrected chi connectivity index (χ3v) is 17.4. The minimum atomic E-state index is -4.59. The number of hydrogen-bond acceptors (Lipinski definition) is 14. The number of hydrogen-bond donors (Lipinski definition) is 3. The van der Waals surface area contributed by atoms with Gasteiger partial charge in [0.25, 0.3) is 21.6 Å². The first-order chi connectivity index (χ1) is 33.1. The van der Waals surface area contributed by atoms with Crippen molar-refractivity contribution in [3.63, 3.8) is 0 Å². The second-order valence-electron chi connectivity index (χ2n) is 19.9. The average molecular weight is 945 g/mol. The van der Waals surface area contributed by atoms with Crippen molar-refractivity contribution in [2.45, 2.75) is 86.4 Å². The zero-order valence-corrected chi connectivity index (χ0v) is 38.7. The maximum absolute atomic E-state index is 14.6. The smallest absolute Gasteiger partial charge is 0.293 e. The van der Waals surface area contributed by atoms with Crippen LogP contribution in [0.2, 0.25) is 0 Å². The lowest BCUT2D eigenvalue weighted by Crippen LogP contribution is -2.62. The Morgan fingerprint density at radius 2 is 1.76 bits per heavy atom. The molecule has 18 heteroatoms. The minimum Gasteiger partial charge on any atom is -0.491 e. The van der Waals surface area contributed by atoms with Crippen molar-refractivity contribution in [1.82, 2.24) is 19.6 Å². The number of nitro benzene ring substituents is 1. The van der Waals surface area contributed by atoms with Crippen LogP contribution in [0.5, 0.6) is 11.6 Å². The topological polar surface area (TPSA) is 194 Å². The van der Waals surface area contributed by atoms with E-state index in [0.29, 0.717) is 61.9 Å². The molecule has 0 radical (unpaired) electrons. The molecule has 12 rings (SSSR count). The summed E-state index contributed by atoms with van der Waals surface area (Å²) < 4.78 is 54.6. The predicted molar refractivity (Wildman–Crippen MR) is 255 cm³/mol. The van der Waals surface area contributed by atoms with Gasteiger partial charge in [-0.2, -0.15) is 4.98 Å². The number of ether oxygens (including phenoxy) is 4. The predicted octanol–water partition coefficient (Wildman–Crippen LogP) is 7.25. The van der Waals surface area contributed by atoms with Crippen LogP contribution in [-0.4, -0.2) is 112 Å². The van der Waals surface area contributed by atoms with Gasteiger partial charge in [0.05, 0.1) is 45.9 Å². The van der Waals surface area contributed by atoms with E-state index in [1.165, 1.54) is 30.5 Å². The number of nitrogens with zero attached hydrogens (tertiary/aromatic N) is 5. The fraction of sp³-hybridized carbons (Fsp3) is 0.480. The summed E-state index contributed by atoms with van der Waals surface area (Å²) in [4.78, 5) is 41.0. The van der Waals surface area contributed by atoms with Gasteiger partial charge in [0.2, 0.25) is 5.88 Å². The number of carbonyl (C=O) groups is 1. The Morgan fingerprint density at radius 3 is 2.60 bits per heavy atom. The monoisotopic (exact) mass is 944 g/mol. The van der Waals surface area contributed by atoms with Crippen LogP contribution in [0.15, 0.2) is 83.9 Å². The molecule has 2 aromatic heterocycles. The molecule has 68 heavy (non-hydrogen) atoms. The fourth-order valence-corrected chi connectivity index (χ4v) is 13.3. The molecule has 3 atom stereocenters. The minimum absolute atomic E-state index is 0.0416. The Labute approximate surface area is 394 Å². The number of aromatic nitrogens is 2. The maximum Gasteiger partial charge on any atom is 0.293 e. The second-order valence-corrected chi connectivity index (χ2v) is 21.6. The number of anilines is 4. The lowest BCUT2D eigenvalue weighted by Gasteiger charge is -2.59. The molecule has 0 unspecified atom stereocenters. The molecule has 3 aromatic carbocycles. The number of sulfonamides is 1. The van der Waals surface area contributed by atoms with Crippen LogP contribution in [0, 0.1) is 21.4 Å². The Hall–Kier alpha value is -5.95. The van der Waals surface area contributed by atoms with Crippen molar-refractivity contribution in [3.8, 4) is 11.6 Å². The van der Waals surface area contributed by atoms with E-state index >= 15 is 0 Å². The second kappa shape index (κ2) is 16.9. The van der Waals surface area contributed by atoms with Gasteiger partial charge in [-0.1, -0.05) is 18.2 Å². The molecule has 6 aliphatic heterocycles. The number of fused-ring (bicyclic) bond motifs is 5. The highest BCUT2D eigenvalue weighted by Gasteiger charge is 2.55. The molecule has 5 fully saturated rings. The summed E-state index contributed by atoms with van der Waals surface area (Å²) in [6.45, 7) is 5.85. The van der Waals surface area contributed by atoms with E-state index in [1.807, 2.05) is 29.2 Å². The number of para-hydroxylation sites is 1. The molecular weight excluding hydrogens is 889 g/mol. The summed E-state index contributed by atoms with van der Waals surface area (Å²) in [5.41, 5.74) is 4.15. The first kappa shape index (κ1) is 43.3. The average Bonchev–Trinajstić information content (AvgIpc) is 4.11. The number of nitro groups is 1. The van der Waals surface area contributed by atoms with E-state index in [1.54, 1.807) is 12.3 Å². The van der Waals surface area contributed by atoms with Crippen molar-refractivity contribution < 1.29 is 37.1 Å². The molecule has 1 saturated carbocycles. The molecule has 1 aliphatic carbocycles. The lowest BCUT2D eigenvalue weighted by molar-refractivity contribution is -0.384. The summed E-state index contributed by atoms with van der Waals surface area (Å²) in [6, 6.07) is 21.9. The van der Waals surface area contributed by atoms with Gasteiger partial charge in [-0.3, -0.25) is 19.8 Å². The summed E-state index contributed by atoms with van der Waals surface area (Å²) in [5, 5.41) is 16.3. The molecule has 4 saturated heterocycles. The quantitative estimate of drug-likeness (QED) is 0.0936. The molecule has 8 heterocycles. The maximum atomic E-state index is 14.6. The SMILES string of the molecule is O=C(NS(=O)(=O)c1ccc(NCC2CCOCC2)c([N+](=O)[O-])c1)c1ccc(N2CCC3(CC2)CC(N2CCCC[C@]24COc2ccccc24)C3)cc1N1c2cc3cc[nH]c3nc2O[C@@H]2COC[C@H]21. The highest BCUT2D eigenvalue weighted by molar-refractivity contribution is 7.90. The largest absolute Gasteiger partial charge is 0.491 e. The highest BCUT2D eigenvalue weighted by atomic mass is 32.2. The van der Waals surface area contributed by atoms with Crippen molar-refractivity contribution >= 4 is 55.4 Å². The van der Waals surface area contributed by atoms with Gasteiger partial charge in [0.1, 0.15) is 35.5 Å². The van der Waals surface area contributed by atoms with Crippen LogP contribution in [0.4, 0.5) is 28.4 Å². The number of H-pyrrole nitrogens is 1. The molecule has 17 nitrogen and oxygen atoms in total. The number of benzene rings is 3. The van der Waals surface area contributed by atoms with Crippen LogP contribution in [-0.2, 0) is 25.0 Å². The Kier molecular flexibility index (Phi) is 10.8. The number of nitrogens with one attached hydrogen (secondary N) is 3. The summed E-state index contributed by atoms with van der Waals surface area (Å²) >= 11 is 0. The molecule has 0 bridgehead atoms. The Balaban J connectivity index is 0.825. The zero-order chi connectivity index (χ0) is 46.2. The van der Waals surface area contributed by atoms with Gasteiger partial charge in [-0.25, -0.2) is 13.1 Å². The number of piperidine rings is 2. The number of aromatic amines is 1. The first-order valence-corrected chi connectivity index (χ1v) is 25.6. The Morgan fingerprint density at radius 1 is 0.926 bits per heavy atom. The summed E-state index contributed by atoms with van der Waals surface area (Å²) in [7, 11) is -4.59. The number of rotatable bonds is 10. The molecule has 5 aromatic rings. The van der Waals surface area contributed by atoms with Gasteiger partial charge in [-0.05, 0) is 124 Å². The summed E-state index contributed by atoms with van der Waals surface area (Å²) in [5.74, 6) is 0.797. The molecule has 7 aliphatic rings. The zero-order valence-electron chi connectivity index (χ0n) is 37.9. The first-order valence-electron chi connectivity index (χ1n) is 24.1. The summed E-state index contributed by atoms with van der Waals surface area (Å²) in [6.07, 6.45) is 11.0. The third-order valence-electron chi connectivity index (χ3n) is 16.1. The van der Waals surface area contributed by atoms with Crippen molar-refractivity contribution in [2.75, 3.05) is 74.3 Å². The lowest BCUT2D eigenvalue weighted by atomic mass is 9.59. The van der Waals surface area contributed by atoms with E-state index in [-0.39, 0.29) is 34.2 Å². The van der Waals surface area contributed by atoms with Gasteiger partial charge >= 0.3 is 0 Å². The molecule has 2 spiro atoms. The van der Waals surface area contributed by atoms with E-state index in [9.17, 15) is 23.3 Å². The van der Waals surface area contributed by atoms with Crippen LogP contribution in [0.3, 0.4) is 0 Å². The number of amides is 1. The normalized spacial score (nSPS) is 24.8. The number of carbonyl (C=O) groups excluding carboxylic acids is 1. The van der Waals surface area contributed by atoms with Gasteiger partial charge in [0, 0.05) is 67.8 Å². The molecule has 1 amide bonds. The van der Waals surface area contributed by atoms with E-state index in [2.05, 4.69) is 49.1 Å². The Bertz CT molecular complexity index is 2890. The van der Waals surface area contributed by atoms with Crippen LogP contribution >= 0.6 is 0 Å². The standard InChI is InChI=1S/C50H56N8O9S/c59-47(54-68(62,63)36-8-10-39(41(25-36)58(60)61)52-28-32-12-21-64-22-13-32)37-9-7-34(24-40(37)57-42-23-33-11-17-51-46(33)53-48(42)67-45-30-65-29-43(45)57)55-19-15-49(16-20-55)26-35(27-49)56-18-4-3-14-50(56)31-66-44-6-2-1-5-38(44)50/h1-2,5-11,17,23-25,32,35,43,45,52H,3-4,12-16,18-22,26-31H2,(H,51,53)(H,54,59)/t43-,45-,50-/m1/s1.